The summed E-state index contributed by atoms with van der Waals surface area (Å²) < 4.78 is 26.2. The van der Waals surface area contributed by atoms with Crippen molar-refractivity contribution in [2.45, 2.75) is 18.7 Å². The van der Waals surface area contributed by atoms with Crippen LogP contribution in [0.2, 0.25) is 0 Å². The maximum absolute atomic E-state index is 12.3. The van der Waals surface area contributed by atoms with E-state index in [4.69, 9.17) is 5.26 Å². The van der Waals surface area contributed by atoms with Gasteiger partial charge in [0.1, 0.15) is 0 Å². The molecule has 5 nitrogen and oxygen atoms in total. The number of halogens is 1. The third-order valence-corrected chi connectivity index (χ3v) is 4.95. The molecular formula is C13H18ClN3O2S. The van der Waals surface area contributed by atoms with Crippen LogP contribution in [0.4, 0.5) is 0 Å². The van der Waals surface area contributed by atoms with Crippen molar-refractivity contribution in [1.29, 1.82) is 5.26 Å². The van der Waals surface area contributed by atoms with Crippen LogP contribution >= 0.6 is 12.4 Å². The molecule has 1 aromatic carbocycles. The third-order valence-electron chi connectivity index (χ3n) is 3.13. The molecule has 0 amide bonds. The SMILES string of the molecule is CC1CN(S(=O)(=O)Cc2cccc(C#N)c2)CCN1.Cl. The van der Waals surface area contributed by atoms with Crippen LogP contribution in [0.25, 0.3) is 0 Å². The molecule has 1 heterocycles. The lowest BCUT2D eigenvalue weighted by molar-refractivity contribution is 0.310. The highest BCUT2D eigenvalue weighted by atomic mass is 35.5. The zero-order valence-corrected chi connectivity index (χ0v) is 12.9. The fourth-order valence-corrected chi connectivity index (χ4v) is 3.79. The van der Waals surface area contributed by atoms with E-state index in [9.17, 15) is 8.42 Å². The summed E-state index contributed by atoms with van der Waals surface area (Å²) in [5.41, 5.74) is 1.15. The van der Waals surface area contributed by atoms with Crippen molar-refractivity contribution in [2.24, 2.45) is 0 Å². The van der Waals surface area contributed by atoms with E-state index in [-0.39, 0.29) is 24.2 Å². The van der Waals surface area contributed by atoms with Crippen LogP contribution in [-0.2, 0) is 15.8 Å². The monoisotopic (exact) mass is 315 g/mol. The van der Waals surface area contributed by atoms with Gasteiger partial charge in [-0.15, -0.1) is 12.4 Å². The lowest BCUT2D eigenvalue weighted by atomic mass is 10.2. The molecular weight excluding hydrogens is 298 g/mol. The summed E-state index contributed by atoms with van der Waals surface area (Å²) in [5.74, 6) is -0.0464. The van der Waals surface area contributed by atoms with Crippen LogP contribution in [0.5, 0.6) is 0 Å². The molecule has 0 saturated carbocycles. The van der Waals surface area contributed by atoms with E-state index < -0.39 is 10.0 Å². The first-order valence-corrected chi connectivity index (χ1v) is 7.82. The molecule has 1 aliphatic rings. The first kappa shape index (κ1) is 16.9. The number of piperazine rings is 1. The molecule has 0 aromatic heterocycles. The molecule has 0 radical (unpaired) electrons. The molecule has 1 fully saturated rings. The van der Waals surface area contributed by atoms with Crippen LogP contribution in [0.3, 0.4) is 0 Å². The molecule has 0 aliphatic carbocycles. The topological polar surface area (TPSA) is 73.2 Å². The third kappa shape index (κ3) is 4.18. The number of nitrogens with zero attached hydrogens (tertiary/aromatic N) is 2. The Labute approximate surface area is 126 Å². The Hall–Kier alpha value is -1.13. The lowest BCUT2D eigenvalue weighted by Gasteiger charge is -2.31. The zero-order chi connectivity index (χ0) is 13.9. The summed E-state index contributed by atoms with van der Waals surface area (Å²) >= 11 is 0. The molecule has 110 valence electrons. The van der Waals surface area contributed by atoms with Gasteiger partial charge in [0.05, 0.1) is 17.4 Å². The molecule has 1 aromatic rings. The average Bonchev–Trinajstić information content (AvgIpc) is 2.38. The minimum atomic E-state index is -3.31. The predicted molar refractivity (Wildman–Crippen MR) is 80.1 cm³/mol. The van der Waals surface area contributed by atoms with Gasteiger partial charge in [0.25, 0.3) is 0 Å². The van der Waals surface area contributed by atoms with Gasteiger partial charge in [-0.3, -0.25) is 0 Å². The number of hydrogen-bond donors (Lipinski definition) is 1. The van der Waals surface area contributed by atoms with Crippen LogP contribution in [-0.4, -0.2) is 38.4 Å². The van der Waals surface area contributed by atoms with E-state index in [2.05, 4.69) is 5.32 Å². The summed E-state index contributed by atoms with van der Waals surface area (Å²) in [4.78, 5) is 0. The molecule has 1 atom stereocenters. The number of nitrogens with one attached hydrogen (secondary N) is 1. The highest BCUT2D eigenvalue weighted by Gasteiger charge is 2.26. The van der Waals surface area contributed by atoms with Gasteiger partial charge in [-0.2, -0.15) is 9.57 Å². The minimum absolute atomic E-state index is 0. The largest absolute Gasteiger partial charge is 0.312 e. The van der Waals surface area contributed by atoms with Gasteiger partial charge in [0.15, 0.2) is 0 Å². The lowest BCUT2D eigenvalue weighted by Crippen LogP contribution is -2.51. The standard InChI is InChI=1S/C13H17N3O2S.ClH/c1-11-9-16(6-5-15-11)19(17,18)10-13-4-2-3-12(7-13)8-14;/h2-4,7,11,15H,5-6,9-10H2,1H3;1H. The van der Waals surface area contributed by atoms with Crippen molar-refractivity contribution in [3.8, 4) is 6.07 Å². The van der Waals surface area contributed by atoms with E-state index >= 15 is 0 Å². The second-order valence-electron chi connectivity index (χ2n) is 4.78. The van der Waals surface area contributed by atoms with Crippen molar-refractivity contribution < 1.29 is 8.42 Å². The summed E-state index contributed by atoms with van der Waals surface area (Å²) in [6, 6.07) is 8.95. The van der Waals surface area contributed by atoms with Crippen LogP contribution < -0.4 is 5.32 Å². The normalized spacial score (nSPS) is 19.9. The summed E-state index contributed by atoms with van der Waals surface area (Å²) in [6.45, 7) is 3.65. The first-order valence-electron chi connectivity index (χ1n) is 6.21. The summed E-state index contributed by atoms with van der Waals surface area (Å²) in [7, 11) is -3.31. The maximum atomic E-state index is 12.3. The molecule has 1 unspecified atom stereocenters. The second-order valence-corrected chi connectivity index (χ2v) is 6.75. The maximum Gasteiger partial charge on any atom is 0.218 e. The van der Waals surface area contributed by atoms with Gasteiger partial charge in [0, 0.05) is 25.7 Å². The Morgan fingerprint density at radius 2 is 2.25 bits per heavy atom. The molecule has 1 N–H and O–H groups in total. The number of nitriles is 1. The number of benzene rings is 1. The molecule has 7 heteroatoms. The molecule has 20 heavy (non-hydrogen) atoms. The number of sulfonamides is 1. The van der Waals surface area contributed by atoms with E-state index in [1.165, 1.54) is 4.31 Å². The molecule has 0 bridgehead atoms. The quantitative estimate of drug-likeness (QED) is 0.906. The van der Waals surface area contributed by atoms with Crippen LogP contribution in [0.1, 0.15) is 18.1 Å². The van der Waals surface area contributed by atoms with Crippen molar-refractivity contribution >= 4 is 22.4 Å². The summed E-state index contributed by atoms with van der Waals surface area (Å²) in [6.07, 6.45) is 0. The molecule has 1 aliphatic heterocycles. The Morgan fingerprint density at radius 1 is 1.50 bits per heavy atom. The molecule has 0 spiro atoms. The van der Waals surface area contributed by atoms with Crippen molar-refractivity contribution in [3.05, 3.63) is 35.4 Å². The van der Waals surface area contributed by atoms with Crippen LogP contribution in [0.15, 0.2) is 24.3 Å². The van der Waals surface area contributed by atoms with Crippen molar-refractivity contribution in [1.82, 2.24) is 9.62 Å². The van der Waals surface area contributed by atoms with Crippen LogP contribution in [0, 0.1) is 11.3 Å². The number of rotatable bonds is 3. The highest BCUT2D eigenvalue weighted by molar-refractivity contribution is 7.88. The van der Waals surface area contributed by atoms with Gasteiger partial charge >= 0.3 is 0 Å². The van der Waals surface area contributed by atoms with Gasteiger partial charge in [-0.1, -0.05) is 12.1 Å². The highest BCUT2D eigenvalue weighted by Crippen LogP contribution is 2.14. The van der Waals surface area contributed by atoms with Crippen molar-refractivity contribution in [3.63, 3.8) is 0 Å². The van der Waals surface area contributed by atoms with Gasteiger partial charge in [-0.25, -0.2) is 8.42 Å². The Bertz CT molecular complexity index is 598. The van der Waals surface area contributed by atoms with Gasteiger partial charge in [0.2, 0.25) is 10.0 Å². The fraction of sp³-hybridized carbons (Fsp3) is 0.462. The Balaban J connectivity index is 0.00000200. The Morgan fingerprint density at radius 3 is 2.90 bits per heavy atom. The molecule has 2 rings (SSSR count). The number of hydrogen-bond acceptors (Lipinski definition) is 4. The van der Waals surface area contributed by atoms with Gasteiger partial charge < -0.3 is 5.32 Å². The summed E-state index contributed by atoms with van der Waals surface area (Å²) in [5, 5.41) is 12.0. The second kappa shape index (κ2) is 7.04. The fourth-order valence-electron chi connectivity index (χ4n) is 2.18. The van der Waals surface area contributed by atoms with E-state index in [0.717, 1.165) is 0 Å². The van der Waals surface area contributed by atoms with E-state index in [1.54, 1.807) is 24.3 Å². The predicted octanol–water partition coefficient (Wildman–Crippen LogP) is 1.10. The van der Waals surface area contributed by atoms with Crippen molar-refractivity contribution in [2.75, 3.05) is 19.6 Å². The van der Waals surface area contributed by atoms with E-state index in [1.807, 2.05) is 13.0 Å². The zero-order valence-electron chi connectivity index (χ0n) is 11.2. The molecule has 1 saturated heterocycles. The Kier molecular flexibility index (Phi) is 5.96. The first-order chi connectivity index (χ1) is 9.01. The minimum Gasteiger partial charge on any atom is -0.312 e. The smallest absolute Gasteiger partial charge is 0.218 e. The average molecular weight is 316 g/mol. The van der Waals surface area contributed by atoms with Gasteiger partial charge in [-0.05, 0) is 24.6 Å². The van der Waals surface area contributed by atoms with E-state index in [0.29, 0.717) is 30.8 Å².